The number of benzene rings is 3. The van der Waals surface area contributed by atoms with Crippen LogP contribution in [-0.4, -0.2) is 14.2 Å². The van der Waals surface area contributed by atoms with E-state index in [-0.39, 0.29) is 26.7 Å². The van der Waals surface area contributed by atoms with Crippen molar-refractivity contribution in [3.05, 3.63) is 83.9 Å². The van der Waals surface area contributed by atoms with Crippen molar-refractivity contribution in [2.24, 2.45) is 0 Å². The molecule has 0 radical (unpaired) electrons. The maximum absolute atomic E-state index is 12.9. The van der Waals surface area contributed by atoms with Crippen molar-refractivity contribution in [3.63, 3.8) is 0 Å². The summed E-state index contributed by atoms with van der Waals surface area (Å²) in [6.07, 6.45) is 0. The van der Waals surface area contributed by atoms with Gasteiger partial charge in [-0.15, -0.1) is 0 Å². The Hall–Kier alpha value is -2.72. The van der Waals surface area contributed by atoms with Gasteiger partial charge >= 0.3 is 0 Å². The highest BCUT2D eigenvalue weighted by atomic mass is 32.2. The number of carbonyl (C=O) groups is 1. The van der Waals surface area contributed by atoms with Gasteiger partial charge in [0.2, 0.25) is 9.84 Å². The van der Waals surface area contributed by atoms with Gasteiger partial charge in [0.15, 0.2) is 5.78 Å². The summed E-state index contributed by atoms with van der Waals surface area (Å²) in [4.78, 5) is 12.8. The van der Waals surface area contributed by atoms with E-state index in [0.717, 1.165) is 11.1 Å². The van der Waals surface area contributed by atoms with Gasteiger partial charge in [-0.25, -0.2) is 8.42 Å². The summed E-state index contributed by atoms with van der Waals surface area (Å²) in [7, 11) is -3.69. The average Bonchev–Trinajstić information content (AvgIpc) is 2.60. The molecule has 0 N–H and O–H groups in total. The van der Waals surface area contributed by atoms with Crippen molar-refractivity contribution >= 4 is 15.6 Å². The van der Waals surface area contributed by atoms with Crippen molar-refractivity contribution in [1.29, 1.82) is 0 Å². The molecule has 3 aromatic rings. The molecule has 0 aliphatic carbocycles. The molecule has 3 nitrogen and oxygen atoms in total. The van der Waals surface area contributed by atoms with Gasteiger partial charge in [-0.05, 0) is 35.4 Å². The number of fused-ring (bicyclic) bond motifs is 2. The molecule has 0 fully saturated rings. The van der Waals surface area contributed by atoms with Crippen molar-refractivity contribution in [2.75, 3.05) is 0 Å². The number of carbonyl (C=O) groups excluding carboxylic acids is 1. The third-order valence-electron chi connectivity index (χ3n) is 4.04. The molecule has 1 aliphatic heterocycles. The third kappa shape index (κ3) is 2.03. The first-order chi connectivity index (χ1) is 11.1. The summed E-state index contributed by atoms with van der Waals surface area (Å²) in [6, 6.07) is 20.8. The Morgan fingerprint density at radius 2 is 1.26 bits per heavy atom. The molecule has 0 aromatic heterocycles. The highest BCUT2D eigenvalue weighted by molar-refractivity contribution is 7.91. The number of ketones is 1. The highest BCUT2D eigenvalue weighted by Gasteiger charge is 2.34. The van der Waals surface area contributed by atoms with E-state index >= 15 is 0 Å². The lowest BCUT2D eigenvalue weighted by molar-refractivity contribution is 0.103. The predicted octanol–water partition coefficient (Wildman–Crippen LogP) is 3.73. The molecule has 4 heteroatoms. The van der Waals surface area contributed by atoms with Gasteiger partial charge in [0, 0.05) is 11.1 Å². The minimum Gasteiger partial charge on any atom is -0.289 e. The van der Waals surface area contributed by atoms with Crippen molar-refractivity contribution in [3.8, 4) is 11.1 Å². The molecule has 0 unspecified atom stereocenters. The lowest BCUT2D eigenvalue weighted by Gasteiger charge is -2.19. The van der Waals surface area contributed by atoms with Gasteiger partial charge in [0.25, 0.3) is 0 Å². The second-order valence-electron chi connectivity index (χ2n) is 5.41. The van der Waals surface area contributed by atoms with Gasteiger partial charge in [-0.2, -0.15) is 0 Å². The second kappa shape index (κ2) is 4.89. The van der Waals surface area contributed by atoms with Crippen LogP contribution in [0.4, 0.5) is 0 Å². The molecule has 3 aromatic carbocycles. The first kappa shape index (κ1) is 13.9. The zero-order valence-electron chi connectivity index (χ0n) is 12.1. The SMILES string of the molecule is O=C1c2ccccc2S(=O)(=O)c2cc(-c3ccccc3)ccc21. The molecule has 0 bridgehead atoms. The van der Waals surface area contributed by atoms with Crippen LogP contribution >= 0.6 is 0 Å². The highest BCUT2D eigenvalue weighted by Crippen LogP contribution is 2.36. The molecule has 1 heterocycles. The van der Waals surface area contributed by atoms with E-state index in [1.807, 2.05) is 30.3 Å². The molecule has 0 saturated carbocycles. The fourth-order valence-corrected chi connectivity index (χ4v) is 4.57. The lowest BCUT2D eigenvalue weighted by Crippen LogP contribution is -2.20. The van der Waals surface area contributed by atoms with Gasteiger partial charge in [-0.3, -0.25) is 4.79 Å². The van der Waals surface area contributed by atoms with E-state index in [1.54, 1.807) is 36.4 Å². The first-order valence-corrected chi connectivity index (χ1v) is 8.65. The summed E-state index contributed by atoms with van der Waals surface area (Å²) >= 11 is 0. The van der Waals surface area contributed by atoms with Gasteiger partial charge in [-0.1, -0.05) is 48.5 Å². The monoisotopic (exact) mass is 320 g/mol. The summed E-state index contributed by atoms with van der Waals surface area (Å²) in [5, 5.41) is 0. The largest absolute Gasteiger partial charge is 0.289 e. The lowest BCUT2D eigenvalue weighted by atomic mass is 9.99. The quantitative estimate of drug-likeness (QED) is 0.537. The van der Waals surface area contributed by atoms with E-state index in [2.05, 4.69) is 0 Å². The summed E-state index contributed by atoms with van der Waals surface area (Å²) in [5.41, 5.74) is 2.17. The number of sulfone groups is 1. The Balaban J connectivity index is 1.99. The zero-order chi connectivity index (χ0) is 16.0. The predicted molar refractivity (Wildman–Crippen MR) is 87.2 cm³/mol. The van der Waals surface area contributed by atoms with Crippen LogP contribution in [0.15, 0.2) is 82.6 Å². The standard InChI is InChI=1S/C19H12O3S/c20-19-15-8-4-5-9-17(15)23(21,22)18-12-14(10-11-16(18)19)13-6-2-1-3-7-13/h1-12H. The van der Waals surface area contributed by atoms with Crippen LogP contribution in [0.25, 0.3) is 11.1 Å². The smallest absolute Gasteiger partial charge is 0.208 e. The van der Waals surface area contributed by atoms with Gasteiger partial charge in [0.1, 0.15) is 0 Å². The Morgan fingerprint density at radius 1 is 0.609 bits per heavy atom. The van der Waals surface area contributed by atoms with Crippen LogP contribution in [0.3, 0.4) is 0 Å². The molecule has 1 aliphatic rings. The van der Waals surface area contributed by atoms with Crippen LogP contribution < -0.4 is 0 Å². The van der Waals surface area contributed by atoms with Gasteiger partial charge in [0.05, 0.1) is 9.79 Å². The van der Waals surface area contributed by atoms with Crippen LogP contribution in [-0.2, 0) is 9.84 Å². The van der Waals surface area contributed by atoms with Gasteiger partial charge < -0.3 is 0 Å². The Morgan fingerprint density at radius 3 is 2.04 bits per heavy atom. The van der Waals surface area contributed by atoms with Crippen molar-refractivity contribution < 1.29 is 13.2 Å². The molecule has 0 amide bonds. The van der Waals surface area contributed by atoms with E-state index in [9.17, 15) is 13.2 Å². The Labute approximate surface area is 134 Å². The van der Waals surface area contributed by atoms with Crippen molar-refractivity contribution in [1.82, 2.24) is 0 Å². The second-order valence-corrected chi connectivity index (χ2v) is 7.29. The molecular formula is C19H12O3S. The molecule has 23 heavy (non-hydrogen) atoms. The number of hydrogen-bond acceptors (Lipinski definition) is 3. The van der Waals surface area contributed by atoms with Crippen LogP contribution in [0.5, 0.6) is 0 Å². The van der Waals surface area contributed by atoms with E-state index in [4.69, 9.17) is 0 Å². The Kier molecular flexibility index (Phi) is 2.96. The van der Waals surface area contributed by atoms with E-state index in [1.165, 1.54) is 6.07 Å². The minimum atomic E-state index is -3.69. The minimum absolute atomic E-state index is 0.0857. The maximum Gasteiger partial charge on any atom is 0.208 e. The van der Waals surface area contributed by atoms with Crippen molar-refractivity contribution in [2.45, 2.75) is 9.79 Å². The fraction of sp³-hybridized carbons (Fsp3) is 0. The molecule has 112 valence electrons. The van der Waals surface area contributed by atoms with Crippen LogP contribution in [0, 0.1) is 0 Å². The van der Waals surface area contributed by atoms with E-state index < -0.39 is 9.84 Å². The summed E-state index contributed by atoms with van der Waals surface area (Å²) in [5.74, 6) is -0.245. The normalized spacial score (nSPS) is 14.9. The third-order valence-corrected chi connectivity index (χ3v) is 5.90. The zero-order valence-corrected chi connectivity index (χ0v) is 12.9. The number of hydrogen-bond donors (Lipinski definition) is 0. The van der Waals surface area contributed by atoms with Crippen LogP contribution in [0.2, 0.25) is 0 Å². The average molecular weight is 320 g/mol. The van der Waals surface area contributed by atoms with E-state index in [0.29, 0.717) is 0 Å². The summed E-state index contributed by atoms with van der Waals surface area (Å²) in [6.45, 7) is 0. The number of rotatable bonds is 1. The molecule has 0 spiro atoms. The molecular weight excluding hydrogens is 308 g/mol. The van der Waals surface area contributed by atoms with Crippen LogP contribution in [0.1, 0.15) is 15.9 Å². The molecule has 0 atom stereocenters. The topological polar surface area (TPSA) is 51.2 Å². The maximum atomic E-state index is 12.9. The summed E-state index contributed by atoms with van der Waals surface area (Å²) < 4.78 is 25.7. The molecule has 0 saturated heterocycles. The first-order valence-electron chi connectivity index (χ1n) is 7.17. The molecule has 4 rings (SSSR count). The Bertz CT molecular complexity index is 1040. The fourth-order valence-electron chi connectivity index (χ4n) is 2.89.